The summed E-state index contributed by atoms with van der Waals surface area (Å²) < 4.78 is 33.6. The molecular weight excluding hydrogens is 398 g/mol. The van der Waals surface area contributed by atoms with Gasteiger partial charge in [-0.05, 0) is 44.5 Å². The summed E-state index contributed by atoms with van der Waals surface area (Å²) in [5.41, 5.74) is 1.67. The number of hydrogen-bond acceptors (Lipinski definition) is 5. The molecule has 0 fully saturated rings. The fourth-order valence-corrected chi connectivity index (χ4v) is 2.88. The van der Waals surface area contributed by atoms with E-state index in [4.69, 9.17) is 16.3 Å². The molecule has 0 aliphatic carbocycles. The molecule has 150 valence electrons. The van der Waals surface area contributed by atoms with Crippen LogP contribution in [0.2, 0.25) is 5.02 Å². The van der Waals surface area contributed by atoms with E-state index in [0.29, 0.717) is 16.8 Å². The van der Waals surface area contributed by atoms with Gasteiger partial charge in [-0.1, -0.05) is 11.6 Å². The summed E-state index contributed by atoms with van der Waals surface area (Å²) in [5.74, 6) is -1.89. The van der Waals surface area contributed by atoms with Gasteiger partial charge in [-0.25, -0.2) is 4.79 Å². The molecule has 10 heteroatoms. The normalized spacial score (nSPS) is 10.7. The van der Waals surface area contributed by atoms with Gasteiger partial charge in [0.15, 0.2) is 12.4 Å². The number of benzene rings is 1. The molecule has 1 aromatic carbocycles. The number of anilines is 1. The largest absolute Gasteiger partial charge is 0.451 e. The topological polar surface area (TPSA) is 97.5 Å². The van der Waals surface area contributed by atoms with Gasteiger partial charge in [0, 0.05) is 16.9 Å². The SMILES string of the molecule is CC(=O)c1c(C)[nH]c(C(=O)OCC(=O)Nc2ccc(OC(F)F)c(Cl)c2)c1C. The summed E-state index contributed by atoms with van der Waals surface area (Å²) in [6.07, 6.45) is 0. The molecule has 0 saturated carbocycles. The molecule has 0 aliphatic heterocycles. The van der Waals surface area contributed by atoms with Crippen molar-refractivity contribution in [2.24, 2.45) is 0 Å². The molecule has 2 N–H and O–H groups in total. The van der Waals surface area contributed by atoms with Gasteiger partial charge >= 0.3 is 12.6 Å². The second kappa shape index (κ2) is 8.83. The number of rotatable bonds is 7. The second-order valence-corrected chi connectivity index (χ2v) is 6.24. The number of esters is 1. The Labute approximate surface area is 164 Å². The van der Waals surface area contributed by atoms with E-state index in [9.17, 15) is 23.2 Å². The first kappa shape index (κ1) is 21.4. The molecule has 0 bridgehead atoms. The molecule has 0 radical (unpaired) electrons. The molecule has 0 aliphatic rings. The quantitative estimate of drug-likeness (QED) is 0.529. The summed E-state index contributed by atoms with van der Waals surface area (Å²) in [7, 11) is 0. The second-order valence-electron chi connectivity index (χ2n) is 5.83. The minimum absolute atomic E-state index is 0.0899. The van der Waals surface area contributed by atoms with Gasteiger partial charge in [-0.3, -0.25) is 9.59 Å². The van der Waals surface area contributed by atoms with Crippen molar-refractivity contribution in [3.63, 3.8) is 0 Å². The van der Waals surface area contributed by atoms with Gasteiger partial charge in [0.05, 0.1) is 5.02 Å². The van der Waals surface area contributed by atoms with E-state index in [1.54, 1.807) is 13.8 Å². The molecule has 1 amide bonds. The molecule has 0 saturated heterocycles. The standard InChI is InChI=1S/C18H17ClF2N2O5/c1-8-15(10(3)24)9(2)22-16(8)17(26)27-7-14(25)23-11-4-5-13(12(19)6-11)28-18(20)21/h4-6,18,22H,7H2,1-3H3,(H,23,25). The summed E-state index contributed by atoms with van der Waals surface area (Å²) in [5, 5.41) is 2.29. The molecule has 2 rings (SSSR count). The van der Waals surface area contributed by atoms with Crippen molar-refractivity contribution in [1.29, 1.82) is 0 Å². The van der Waals surface area contributed by atoms with Crippen LogP contribution in [0.1, 0.15) is 39.0 Å². The van der Waals surface area contributed by atoms with Crippen LogP contribution < -0.4 is 10.1 Å². The van der Waals surface area contributed by atoms with Crippen molar-refractivity contribution in [1.82, 2.24) is 4.98 Å². The molecule has 28 heavy (non-hydrogen) atoms. The fourth-order valence-electron chi connectivity index (χ4n) is 2.65. The van der Waals surface area contributed by atoms with E-state index in [0.717, 1.165) is 0 Å². The molecule has 0 spiro atoms. The number of hydrogen-bond donors (Lipinski definition) is 2. The molecule has 1 aromatic heterocycles. The first-order valence-corrected chi connectivity index (χ1v) is 8.39. The van der Waals surface area contributed by atoms with Gasteiger partial charge in [-0.15, -0.1) is 0 Å². The van der Waals surface area contributed by atoms with Crippen molar-refractivity contribution in [2.75, 3.05) is 11.9 Å². The zero-order valence-electron chi connectivity index (χ0n) is 15.2. The number of nitrogens with one attached hydrogen (secondary N) is 2. The van der Waals surface area contributed by atoms with Crippen LogP contribution in [0.25, 0.3) is 0 Å². The first-order chi connectivity index (χ1) is 13.1. The minimum atomic E-state index is -3.03. The van der Waals surface area contributed by atoms with E-state index in [1.165, 1.54) is 25.1 Å². The number of Topliss-reactive ketones (excluding diaryl/α,β-unsaturated/α-hetero) is 1. The lowest BCUT2D eigenvalue weighted by Crippen LogP contribution is -2.21. The maximum atomic E-state index is 12.2. The van der Waals surface area contributed by atoms with Crippen LogP contribution in [0.3, 0.4) is 0 Å². The van der Waals surface area contributed by atoms with E-state index in [1.807, 2.05) is 0 Å². The van der Waals surface area contributed by atoms with E-state index in [2.05, 4.69) is 15.0 Å². The van der Waals surface area contributed by atoms with E-state index >= 15 is 0 Å². The zero-order valence-corrected chi connectivity index (χ0v) is 15.9. The van der Waals surface area contributed by atoms with E-state index < -0.39 is 25.1 Å². The Bertz CT molecular complexity index is 927. The van der Waals surface area contributed by atoms with Crippen molar-refractivity contribution in [3.8, 4) is 5.75 Å². The lowest BCUT2D eigenvalue weighted by atomic mass is 10.1. The Morgan fingerprint density at radius 3 is 2.46 bits per heavy atom. The monoisotopic (exact) mass is 414 g/mol. The minimum Gasteiger partial charge on any atom is -0.451 e. The highest BCUT2D eigenvalue weighted by Gasteiger charge is 2.21. The molecule has 1 heterocycles. The highest BCUT2D eigenvalue weighted by atomic mass is 35.5. The number of amides is 1. The molecule has 7 nitrogen and oxygen atoms in total. The highest BCUT2D eigenvalue weighted by Crippen LogP contribution is 2.29. The van der Waals surface area contributed by atoms with Gasteiger partial charge in [-0.2, -0.15) is 8.78 Å². The number of H-pyrrole nitrogens is 1. The van der Waals surface area contributed by atoms with Crippen LogP contribution in [0.4, 0.5) is 14.5 Å². The smallest absolute Gasteiger partial charge is 0.387 e. The van der Waals surface area contributed by atoms with Crippen LogP contribution in [0.15, 0.2) is 18.2 Å². The van der Waals surface area contributed by atoms with Gasteiger partial charge in [0.25, 0.3) is 5.91 Å². The van der Waals surface area contributed by atoms with Crippen molar-refractivity contribution >= 4 is 34.9 Å². The zero-order chi connectivity index (χ0) is 21.0. The number of alkyl halides is 2. The van der Waals surface area contributed by atoms with Crippen LogP contribution >= 0.6 is 11.6 Å². The number of halogens is 3. The Balaban J connectivity index is 1.97. The summed E-state index contributed by atoms with van der Waals surface area (Å²) >= 11 is 5.80. The van der Waals surface area contributed by atoms with Gasteiger partial charge < -0.3 is 19.8 Å². The predicted octanol–water partition coefficient (Wildman–Crippen LogP) is 3.88. The van der Waals surface area contributed by atoms with Crippen molar-refractivity contribution in [2.45, 2.75) is 27.4 Å². The lowest BCUT2D eigenvalue weighted by molar-refractivity contribution is -0.119. The summed E-state index contributed by atoms with van der Waals surface area (Å²) in [6, 6.07) is 3.70. The molecule has 0 unspecified atom stereocenters. The third kappa shape index (κ3) is 5.07. The lowest BCUT2D eigenvalue weighted by Gasteiger charge is -2.10. The van der Waals surface area contributed by atoms with Gasteiger partial charge in [0.2, 0.25) is 0 Å². The number of aryl methyl sites for hydroxylation is 1. The Kier molecular flexibility index (Phi) is 6.74. The van der Waals surface area contributed by atoms with E-state index in [-0.39, 0.29) is 27.9 Å². The van der Waals surface area contributed by atoms with Crippen LogP contribution in [-0.2, 0) is 9.53 Å². The van der Waals surface area contributed by atoms with Gasteiger partial charge in [0.1, 0.15) is 11.4 Å². The summed E-state index contributed by atoms with van der Waals surface area (Å²) in [6.45, 7) is 1.01. The first-order valence-electron chi connectivity index (χ1n) is 8.01. The number of carbonyl (C=O) groups excluding carboxylic acids is 3. The van der Waals surface area contributed by atoms with Crippen molar-refractivity contribution < 1.29 is 32.6 Å². The fraction of sp³-hybridized carbons (Fsp3) is 0.278. The average molecular weight is 415 g/mol. The predicted molar refractivity (Wildman–Crippen MR) is 97.3 cm³/mol. The molecule has 0 atom stereocenters. The van der Waals surface area contributed by atoms with Crippen LogP contribution in [0.5, 0.6) is 5.75 Å². The Morgan fingerprint density at radius 2 is 1.93 bits per heavy atom. The van der Waals surface area contributed by atoms with Crippen LogP contribution in [-0.4, -0.2) is 35.9 Å². The number of carbonyl (C=O) groups is 3. The molecular formula is C18H17ClF2N2O5. The summed E-state index contributed by atoms with van der Waals surface area (Å²) in [4.78, 5) is 38.5. The third-order valence-electron chi connectivity index (χ3n) is 3.76. The number of ketones is 1. The van der Waals surface area contributed by atoms with Crippen LogP contribution in [0, 0.1) is 13.8 Å². The van der Waals surface area contributed by atoms with Crippen molar-refractivity contribution in [3.05, 3.63) is 45.7 Å². The number of aromatic amines is 1. The highest BCUT2D eigenvalue weighted by molar-refractivity contribution is 6.32. The molecule has 2 aromatic rings. The maximum absolute atomic E-state index is 12.2. The maximum Gasteiger partial charge on any atom is 0.387 e. The Hall–Kier alpha value is -2.94. The third-order valence-corrected chi connectivity index (χ3v) is 4.06. The number of ether oxygens (including phenoxy) is 2. The average Bonchev–Trinajstić information content (AvgIpc) is 2.89. The Morgan fingerprint density at radius 1 is 1.25 bits per heavy atom. The number of aromatic nitrogens is 1.